The minimum Gasteiger partial charge on any atom is -0.457 e. The largest absolute Gasteiger partial charge is 0.457 e. The lowest BCUT2D eigenvalue weighted by Crippen LogP contribution is -2.56. The molecule has 0 aromatic heterocycles. The van der Waals surface area contributed by atoms with Gasteiger partial charge in [-0.15, -0.1) is 0 Å². The molecule has 0 bridgehead atoms. The van der Waals surface area contributed by atoms with Crippen LogP contribution in [-0.4, -0.2) is 56.0 Å². The summed E-state index contributed by atoms with van der Waals surface area (Å²) in [6.45, 7) is 15.8. The van der Waals surface area contributed by atoms with Crippen molar-refractivity contribution in [2.24, 2.45) is 5.41 Å². The lowest BCUT2D eigenvalue weighted by molar-refractivity contribution is -0.169. The number of rotatable bonds is 11. The van der Waals surface area contributed by atoms with E-state index in [4.69, 9.17) is 9.16 Å². The fraction of sp³-hybridized carbons (Fsp3) is 0.552. The van der Waals surface area contributed by atoms with Crippen LogP contribution in [0.25, 0.3) is 0 Å². The number of aliphatic hydroxyl groups is 2. The molecule has 0 aliphatic carbocycles. The van der Waals surface area contributed by atoms with Crippen molar-refractivity contribution in [1.82, 2.24) is 5.32 Å². The maximum Gasteiger partial charge on any atom is 0.311 e. The summed E-state index contributed by atoms with van der Waals surface area (Å²) in [6, 6.07) is 19.2. The summed E-state index contributed by atoms with van der Waals surface area (Å²) < 4.78 is 12.4. The molecule has 0 heterocycles. The maximum atomic E-state index is 12.9. The van der Waals surface area contributed by atoms with Gasteiger partial charge < -0.3 is 19.4 Å². The standard InChI is InChI=1S/C29H45NO5Si/c1-28(2,3)27(33)35-26(24(32)19-31)23(20-34-36(7,8)29(4,5)6)30-25(21-15-11-9-12-16-21)22-17-13-10-14-18-22/h9-18,23-26,30-32H,19-20H2,1-8H3/t23-,24-,26+/m1/s1. The monoisotopic (exact) mass is 515 g/mol. The van der Waals surface area contributed by atoms with Crippen LogP contribution in [0.3, 0.4) is 0 Å². The van der Waals surface area contributed by atoms with Gasteiger partial charge >= 0.3 is 5.97 Å². The Kier molecular flexibility index (Phi) is 10.5. The minimum absolute atomic E-state index is 0.0248. The second-order valence-corrected chi connectivity index (χ2v) is 16.8. The number of hydrogen-bond donors (Lipinski definition) is 3. The normalized spacial score (nSPS) is 15.4. The zero-order chi connectivity index (χ0) is 27.1. The fourth-order valence-electron chi connectivity index (χ4n) is 3.48. The molecule has 6 nitrogen and oxygen atoms in total. The van der Waals surface area contributed by atoms with Crippen LogP contribution in [-0.2, 0) is 14.0 Å². The van der Waals surface area contributed by atoms with Crippen molar-refractivity contribution in [2.75, 3.05) is 13.2 Å². The Labute approximate surface area is 218 Å². The number of aliphatic hydroxyl groups excluding tert-OH is 2. The zero-order valence-electron chi connectivity index (χ0n) is 23.1. The first-order valence-electron chi connectivity index (χ1n) is 12.7. The third-order valence-corrected chi connectivity index (χ3v) is 11.4. The molecule has 2 aromatic carbocycles. The molecule has 0 aliphatic rings. The van der Waals surface area contributed by atoms with Gasteiger partial charge in [0.2, 0.25) is 0 Å². The topological polar surface area (TPSA) is 88.0 Å². The van der Waals surface area contributed by atoms with E-state index >= 15 is 0 Å². The molecule has 0 fully saturated rings. The van der Waals surface area contributed by atoms with Crippen LogP contribution >= 0.6 is 0 Å². The van der Waals surface area contributed by atoms with Crippen LogP contribution in [0.4, 0.5) is 0 Å². The van der Waals surface area contributed by atoms with Crippen molar-refractivity contribution in [1.29, 1.82) is 0 Å². The van der Waals surface area contributed by atoms with Crippen LogP contribution in [0.5, 0.6) is 0 Å². The Balaban J connectivity index is 2.52. The lowest BCUT2D eigenvalue weighted by atomic mass is 9.95. The predicted octanol–water partition coefficient (Wildman–Crippen LogP) is 5.07. The molecule has 0 amide bonds. The summed E-state index contributed by atoms with van der Waals surface area (Å²) in [4.78, 5) is 12.9. The summed E-state index contributed by atoms with van der Waals surface area (Å²) in [7, 11) is -2.17. The van der Waals surface area contributed by atoms with Crippen molar-refractivity contribution in [3.05, 3.63) is 71.8 Å². The SMILES string of the molecule is CC(C)(C)C(=O)O[C@H]([C@H](O)CO)[C@@H](CO[Si](C)(C)C(C)(C)C)NC(c1ccccc1)c1ccccc1. The first-order valence-corrected chi connectivity index (χ1v) is 15.6. The van der Waals surface area contributed by atoms with Gasteiger partial charge in [0.05, 0.1) is 30.7 Å². The predicted molar refractivity (Wildman–Crippen MR) is 147 cm³/mol. The third-order valence-electron chi connectivity index (χ3n) is 6.89. The second kappa shape index (κ2) is 12.5. The van der Waals surface area contributed by atoms with Gasteiger partial charge in [-0.1, -0.05) is 81.4 Å². The van der Waals surface area contributed by atoms with Crippen LogP contribution in [0.15, 0.2) is 60.7 Å². The number of benzene rings is 2. The van der Waals surface area contributed by atoms with Gasteiger partial charge in [-0.2, -0.15) is 0 Å². The van der Waals surface area contributed by atoms with E-state index in [2.05, 4.69) is 39.2 Å². The summed E-state index contributed by atoms with van der Waals surface area (Å²) in [6.07, 6.45) is -2.29. The average molecular weight is 516 g/mol. The van der Waals surface area contributed by atoms with Crippen LogP contribution in [0.2, 0.25) is 18.1 Å². The Hall–Kier alpha value is -2.03. The highest BCUT2D eigenvalue weighted by Crippen LogP contribution is 2.37. The van der Waals surface area contributed by atoms with Crippen molar-refractivity contribution >= 4 is 14.3 Å². The third kappa shape index (κ3) is 8.25. The molecule has 0 saturated heterocycles. The number of nitrogens with one attached hydrogen (secondary N) is 1. The van der Waals surface area contributed by atoms with E-state index in [1.165, 1.54) is 0 Å². The van der Waals surface area contributed by atoms with Gasteiger partial charge in [-0.25, -0.2) is 0 Å². The number of hydrogen-bond acceptors (Lipinski definition) is 6. The van der Waals surface area contributed by atoms with Crippen molar-refractivity contribution in [3.63, 3.8) is 0 Å². The molecule has 36 heavy (non-hydrogen) atoms. The number of carbonyl (C=O) groups excluding carboxylic acids is 1. The number of carbonyl (C=O) groups is 1. The quantitative estimate of drug-likeness (QED) is 0.286. The molecule has 200 valence electrons. The van der Waals surface area contributed by atoms with E-state index in [0.29, 0.717) is 0 Å². The Morgan fingerprint density at radius 3 is 1.78 bits per heavy atom. The van der Waals surface area contributed by atoms with E-state index in [1.807, 2.05) is 60.7 Å². The van der Waals surface area contributed by atoms with Crippen molar-refractivity contribution < 1.29 is 24.2 Å². The summed E-state index contributed by atoms with van der Waals surface area (Å²) in [5, 5.41) is 24.3. The molecular weight excluding hydrogens is 470 g/mol. The first-order chi connectivity index (χ1) is 16.7. The molecule has 2 aromatic rings. The van der Waals surface area contributed by atoms with E-state index in [0.717, 1.165) is 11.1 Å². The van der Waals surface area contributed by atoms with E-state index in [9.17, 15) is 15.0 Å². The smallest absolute Gasteiger partial charge is 0.311 e. The van der Waals surface area contributed by atoms with Crippen molar-refractivity contribution in [2.45, 2.75) is 84.0 Å². The summed E-state index contributed by atoms with van der Waals surface area (Å²) in [5.74, 6) is -0.449. The van der Waals surface area contributed by atoms with Crippen LogP contribution in [0, 0.1) is 5.41 Å². The molecule has 3 atom stereocenters. The fourth-order valence-corrected chi connectivity index (χ4v) is 4.50. The molecule has 0 aliphatic heterocycles. The van der Waals surface area contributed by atoms with Crippen LogP contribution < -0.4 is 5.32 Å². The molecule has 0 unspecified atom stereocenters. The Bertz CT molecular complexity index is 898. The maximum absolute atomic E-state index is 12.9. The summed E-state index contributed by atoms with van der Waals surface area (Å²) >= 11 is 0. The van der Waals surface area contributed by atoms with Gasteiger partial charge in [0.25, 0.3) is 0 Å². The van der Waals surface area contributed by atoms with E-state index in [-0.39, 0.29) is 17.7 Å². The zero-order valence-corrected chi connectivity index (χ0v) is 24.1. The van der Waals surface area contributed by atoms with Gasteiger partial charge in [-0.3, -0.25) is 10.1 Å². The molecule has 3 N–H and O–H groups in total. The van der Waals surface area contributed by atoms with Crippen LogP contribution in [0.1, 0.15) is 58.7 Å². The molecule has 0 spiro atoms. The highest BCUT2D eigenvalue weighted by atomic mass is 28.4. The second-order valence-electron chi connectivity index (χ2n) is 12.0. The van der Waals surface area contributed by atoms with E-state index in [1.54, 1.807) is 20.8 Å². The molecule has 0 radical (unpaired) electrons. The van der Waals surface area contributed by atoms with Crippen molar-refractivity contribution in [3.8, 4) is 0 Å². The highest BCUT2D eigenvalue weighted by Gasteiger charge is 2.41. The summed E-state index contributed by atoms with van der Waals surface area (Å²) in [5.41, 5.74) is 1.29. The van der Waals surface area contributed by atoms with Gasteiger partial charge in [0, 0.05) is 0 Å². The van der Waals surface area contributed by atoms with E-state index < -0.39 is 44.6 Å². The van der Waals surface area contributed by atoms with Gasteiger partial charge in [0.1, 0.15) is 12.2 Å². The Morgan fingerprint density at radius 1 is 0.917 bits per heavy atom. The molecule has 7 heteroatoms. The lowest BCUT2D eigenvalue weighted by Gasteiger charge is -2.40. The van der Waals surface area contributed by atoms with Gasteiger partial charge in [-0.05, 0) is 50.0 Å². The average Bonchev–Trinajstić information content (AvgIpc) is 2.82. The first kappa shape index (κ1) is 30.2. The molecular formula is C29H45NO5Si. The number of esters is 1. The minimum atomic E-state index is -2.17. The van der Waals surface area contributed by atoms with Gasteiger partial charge in [0.15, 0.2) is 8.32 Å². The molecule has 2 rings (SSSR count). The molecule has 0 saturated carbocycles. The number of ether oxygens (including phenoxy) is 1. The highest BCUT2D eigenvalue weighted by molar-refractivity contribution is 6.74. The Morgan fingerprint density at radius 2 is 1.39 bits per heavy atom.